The number of alkyl halides is 3. The van der Waals surface area contributed by atoms with Gasteiger partial charge in [-0.05, 0) is 31.0 Å². The third-order valence-electron chi connectivity index (χ3n) is 2.73. The molecule has 1 rings (SSSR count). The Morgan fingerprint density at radius 3 is 2.62 bits per heavy atom. The summed E-state index contributed by atoms with van der Waals surface area (Å²) in [6.45, 7) is 3.96. The molecule has 0 saturated heterocycles. The highest BCUT2D eigenvalue weighted by Gasteiger charge is 2.33. The lowest BCUT2D eigenvalue weighted by atomic mass is 10.1. The van der Waals surface area contributed by atoms with Crippen molar-refractivity contribution in [2.45, 2.75) is 25.9 Å². The molecule has 0 fully saturated rings. The first kappa shape index (κ1) is 17.7. The molecule has 0 aliphatic carbocycles. The maximum Gasteiger partial charge on any atom is 0.417 e. The van der Waals surface area contributed by atoms with Crippen LogP contribution in [0.4, 0.5) is 18.9 Å². The van der Waals surface area contributed by atoms with Crippen molar-refractivity contribution in [3.8, 4) is 0 Å². The van der Waals surface area contributed by atoms with E-state index in [2.05, 4.69) is 5.32 Å². The highest BCUT2D eigenvalue weighted by atomic mass is 32.1. The summed E-state index contributed by atoms with van der Waals surface area (Å²) in [5.41, 5.74) is 4.95. The van der Waals surface area contributed by atoms with Gasteiger partial charge in [-0.15, -0.1) is 0 Å². The predicted molar refractivity (Wildman–Crippen MR) is 81.5 cm³/mol. The van der Waals surface area contributed by atoms with E-state index in [0.29, 0.717) is 25.4 Å². The summed E-state index contributed by atoms with van der Waals surface area (Å²) in [4.78, 5) is -0.266. The van der Waals surface area contributed by atoms with Crippen LogP contribution in [-0.4, -0.2) is 24.7 Å². The molecule has 21 heavy (non-hydrogen) atoms. The fraction of sp³-hybridized carbons (Fsp3) is 0.500. The van der Waals surface area contributed by atoms with Gasteiger partial charge in [-0.25, -0.2) is 0 Å². The van der Waals surface area contributed by atoms with Crippen LogP contribution < -0.4 is 11.1 Å². The Morgan fingerprint density at radius 2 is 2.05 bits per heavy atom. The van der Waals surface area contributed by atoms with Crippen LogP contribution >= 0.6 is 12.2 Å². The van der Waals surface area contributed by atoms with Gasteiger partial charge < -0.3 is 15.8 Å². The quantitative estimate of drug-likeness (QED) is 0.568. The number of thiocarbonyl (C=S) groups is 1. The minimum absolute atomic E-state index is 0.162. The van der Waals surface area contributed by atoms with Gasteiger partial charge in [0.15, 0.2) is 0 Å². The number of halogens is 3. The molecule has 3 nitrogen and oxygen atoms in total. The SMILES string of the molecule is CCCOCCCNc1ccc(C(F)(F)F)c(C(N)=S)c1. The molecule has 7 heteroatoms. The molecule has 0 aliphatic heterocycles. The van der Waals surface area contributed by atoms with Crippen molar-refractivity contribution in [2.24, 2.45) is 5.73 Å². The summed E-state index contributed by atoms with van der Waals surface area (Å²) < 4.78 is 43.8. The number of benzene rings is 1. The van der Waals surface area contributed by atoms with Crippen LogP contribution in [0.25, 0.3) is 0 Å². The molecule has 0 aromatic heterocycles. The fourth-order valence-corrected chi connectivity index (χ4v) is 1.93. The minimum Gasteiger partial charge on any atom is -0.389 e. The number of rotatable bonds is 8. The van der Waals surface area contributed by atoms with Gasteiger partial charge in [0.25, 0.3) is 0 Å². The Kier molecular flexibility index (Phi) is 6.91. The van der Waals surface area contributed by atoms with Gasteiger partial charge in [0, 0.05) is 31.0 Å². The maximum atomic E-state index is 12.8. The Bertz CT molecular complexity index is 478. The highest BCUT2D eigenvalue weighted by Crippen LogP contribution is 2.33. The van der Waals surface area contributed by atoms with Crippen LogP contribution in [0.15, 0.2) is 18.2 Å². The lowest BCUT2D eigenvalue weighted by Crippen LogP contribution is -2.18. The van der Waals surface area contributed by atoms with Crippen molar-refractivity contribution < 1.29 is 17.9 Å². The fourth-order valence-electron chi connectivity index (χ4n) is 1.76. The zero-order valence-electron chi connectivity index (χ0n) is 11.8. The summed E-state index contributed by atoms with van der Waals surface area (Å²) in [5.74, 6) is 0. The van der Waals surface area contributed by atoms with Crippen LogP contribution in [0.3, 0.4) is 0 Å². The second kappa shape index (κ2) is 8.19. The molecule has 0 atom stereocenters. The van der Waals surface area contributed by atoms with Gasteiger partial charge in [0.05, 0.1) is 5.56 Å². The molecule has 1 aromatic rings. The molecule has 0 radical (unpaired) electrons. The number of hydrogen-bond donors (Lipinski definition) is 2. The average Bonchev–Trinajstić information content (AvgIpc) is 2.41. The van der Waals surface area contributed by atoms with E-state index in [0.717, 1.165) is 18.9 Å². The molecule has 0 bridgehead atoms. The third-order valence-corrected chi connectivity index (χ3v) is 2.95. The van der Waals surface area contributed by atoms with E-state index in [-0.39, 0.29) is 10.6 Å². The molecule has 0 heterocycles. The highest BCUT2D eigenvalue weighted by molar-refractivity contribution is 7.80. The number of nitrogens with two attached hydrogens (primary N) is 1. The van der Waals surface area contributed by atoms with Crippen LogP contribution in [-0.2, 0) is 10.9 Å². The zero-order chi connectivity index (χ0) is 15.9. The molecule has 0 aliphatic rings. The van der Waals surface area contributed by atoms with Crippen LogP contribution in [0.5, 0.6) is 0 Å². The molecule has 0 saturated carbocycles. The largest absolute Gasteiger partial charge is 0.417 e. The second-order valence-electron chi connectivity index (χ2n) is 4.52. The molecule has 0 unspecified atom stereocenters. The first-order chi connectivity index (χ1) is 9.86. The molecule has 0 amide bonds. The van der Waals surface area contributed by atoms with Gasteiger partial charge in [-0.1, -0.05) is 19.1 Å². The molecule has 3 N–H and O–H groups in total. The van der Waals surface area contributed by atoms with E-state index in [1.54, 1.807) is 0 Å². The topological polar surface area (TPSA) is 47.3 Å². The van der Waals surface area contributed by atoms with Crippen molar-refractivity contribution in [3.05, 3.63) is 29.3 Å². The summed E-state index contributed by atoms with van der Waals surface area (Å²) in [6, 6.07) is 3.69. The zero-order valence-corrected chi connectivity index (χ0v) is 12.6. The van der Waals surface area contributed by atoms with E-state index >= 15 is 0 Å². The lowest BCUT2D eigenvalue weighted by molar-refractivity contribution is -0.137. The molecular formula is C14H19F3N2OS. The van der Waals surface area contributed by atoms with E-state index in [9.17, 15) is 13.2 Å². The van der Waals surface area contributed by atoms with Crippen LogP contribution in [0.1, 0.15) is 30.9 Å². The van der Waals surface area contributed by atoms with E-state index in [4.69, 9.17) is 22.7 Å². The first-order valence-electron chi connectivity index (χ1n) is 6.69. The van der Waals surface area contributed by atoms with E-state index < -0.39 is 11.7 Å². The van der Waals surface area contributed by atoms with Crippen molar-refractivity contribution in [1.29, 1.82) is 0 Å². The van der Waals surface area contributed by atoms with Crippen LogP contribution in [0, 0.1) is 0 Å². The number of anilines is 1. The summed E-state index contributed by atoms with van der Waals surface area (Å²) in [6.07, 6.45) is -2.74. The average molecular weight is 320 g/mol. The Hall–Kier alpha value is -1.34. The van der Waals surface area contributed by atoms with E-state index in [1.165, 1.54) is 12.1 Å². The van der Waals surface area contributed by atoms with Crippen LogP contribution in [0.2, 0.25) is 0 Å². The van der Waals surface area contributed by atoms with Crippen molar-refractivity contribution >= 4 is 22.9 Å². The molecule has 1 aromatic carbocycles. The normalized spacial score (nSPS) is 11.4. The van der Waals surface area contributed by atoms with Gasteiger partial charge in [-0.3, -0.25) is 0 Å². The number of nitrogens with one attached hydrogen (secondary N) is 1. The van der Waals surface area contributed by atoms with Gasteiger partial charge in [0.2, 0.25) is 0 Å². The Labute approximate surface area is 127 Å². The Morgan fingerprint density at radius 1 is 1.33 bits per heavy atom. The van der Waals surface area contributed by atoms with Crippen molar-refractivity contribution in [3.63, 3.8) is 0 Å². The van der Waals surface area contributed by atoms with Gasteiger partial charge in [-0.2, -0.15) is 13.2 Å². The van der Waals surface area contributed by atoms with Crippen molar-refractivity contribution in [2.75, 3.05) is 25.1 Å². The minimum atomic E-state index is -4.47. The number of ether oxygens (including phenoxy) is 1. The smallest absolute Gasteiger partial charge is 0.389 e. The summed E-state index contributed by atoms with van der Waals surface area (Å²) in [5, 5.41) is 3.03. The third kappa shape index (κ3) is 5.89. The molecule has 118 valence electrons. The monoisotopic (exact) mass is 320 g/mol. The molecular weight excluding hydrogens is 301 g/mol. The molecule has 0 spiro atoms. The van der Waals surface area contributed by atoms with Gasteiger partial charge in [0.1, 0.15) is 4.99 Å². The Balaban J connectivity index is 2.65. The summed E-state index contributed by atoms with van der Waals surface area (Å²) in [7, 11) is 0. The summed E-state index contributed by atoms with van der Waals surface area (Å²) >= 11 is 4.69. The van der Waals surface area contributed by atoms with Gasteiger partial charge >= 0.3 is 6.18 Å². The van der Waals surface area contributed by atoms with E-state index in [1.807, 2.05) is 6.92 Å². The first-order valence-corrected chi connectivity index (χ1v) is 7.09. The maximum absolute atomic E-state index is 12.8. The standard InChI is InChI=1S/C14H19F3N2OS/c1-2-7-20-8-3-6-19-10-4-5-12(14(15,16)17)11(9-10)13(18)21/h4-5,9,19H,2-3,6-8H2,1H3,(H2,18,21). The van der Waals surface area contributed by atoms with Crippen molar-refractivity contribution in [1.82, 2.24) is 0 Å². The number of hydrogen-bond acceptors (Lipinski definition) is 3. The lowest BCUT2D eigenvalue weighted by Gasteiger charge is -2.14. The second-order valence-corrected chi connectivity index (χ2v) is 4.95. The predicted octanol–water partition coefficient (Wildman–Crippen LogP) is 3.57.